The lowest BCUT2D eigenvalue weighted by Crippen LogP contribution is -2.36. The summed E-state index contributed by atoms with van der Waals surface area (Å²) in [4.78, 5) is 13.3. The molecule has 3 aromatic rings. The summed E-state index contributed by atoms with van der Waals surface area (Å²) < 4.78 is 12.9. The number of morpholine rings is 1. The highest BCUT2D eigenvalue weighted by Crippen LogP contribution is 2.38. The normalized spacial score (nSPS) is 22.7. The first-order valence-electron chi connectivity index (χ1n) is 10.3. The monoisotopic (exact) mass is 473 g/mol. The van der Waals surface area contributed by atoms with Crippen LogP contribution in [0.3, 0.4) is 0 Å². The molecule has 0 unspecified atom stereocenters. The molecule has 0 amide bonds. The van der Waals surface area contributed by atoms with Crippen molar-refractivity contribution in [2.24, 2.45) is 0 Å². The van der Waals surface area contributed by atoms with E-state index in [4.69, 9.17) is 14.5 Å². The van der Waals surface area contributed by atoms with E-state index in [0.717, 1.165) is 60.3 Å². The first-order chi connectivity index (χ1) is 14.3. The molecule has 0 spiro atoms. The van der Waals surface area contributed by atoms with Gasteiger partial charge in [-0.3, -0.25) is 4.98 Å². The van der Waals surface area contributed by atoms with Gasteiger partial charge in [0.15, 0.2) is 0 Å². The third kappa shape index (κ3) is 4.27. The number of aromatic nitrogens is 2. The van der Waals surface area contributed by atoms with Crippen LogP contribution in [-0.4, -0.2) is 42.4 Å². The molecule has 5 rings (SSSR count). The Bertz CT molecular complexity index is 968. The first kappa shape index (κ1) is 19.3. The van der Waals surface area contributed by atoms with Crippen LogP contribution in [0.2, 0.25) is 0 Å². The Hall–Kier alpha value is -1.70. The quantitative estimate of drug-likeness (QED) is 0.507. The highest BCUT2D eigenvalue weighted by atomic mass is 79.9. The second-order valence-corrected chi connectivity index (χ2v) is 9.61. The van der Waals surface area contributed by atoms with Crippen LogP contribution in [0.15, 0.2) is 40.3 Å². The summed E-state index contributed by atoms with van der Waals surface area (Å²) in [5.74, 6) is 2.31. The van der Waals surface area contributed by atoms with Crippen LogP contribution in [0.5, 0.6) is 5.88 Å². The second-order valence-electron chi connectivity index (χ2n) is 7.71. The van der Waals surface area contributed by atoms with E-state index in [1.807, 2.05) is 17.5 Å². The minimum Gasteiger partial charge on any atom is -0.474 e. The van der Waals surface area contributed by atoms with Gasteiger partial charge >= 0.3 is 0 Å². The Morgan fingerprint density at radius 2 is 1.97 bits per heavy atom. The third-order valence-corrected chi connectivity index (χ3v) is 7.30. The summed E-state index contributed by atoms with van der Waals surface area (Å²) in [7, 11) is 0. The predicted molar refractivity (Wildman–Crippen MR) is 120 cm³/mol. The zero-order valence-electron chi connectivity index (χ0n) is 16.2. The number of ether oxygens (including phenoxy) is 2. The summed E-state index contributed by atoms with van der Waals surface area (Å²) in [5.41, 5.74) is 0.923. The van der Waals surface area contributed by atoms with Crippen LogP contribution >= 0.6 is 27.3 Å². The molecule has 5 nitrogen and oxygen atoms in total. The van der Waals surface area contributed by atoms with Gasteiger partial charge in [-0.2, -0.15) is 4.98 Å². The molecule has 1 saturated heterocycles. The van der Waals surface area contributed by atoms with Gasteiger partial charge in [0.25, 0.3) is 0 Å². The highest BCUT2D eigenvalue weighted by Gasteiger charge is 2.26. The number of pyridine rings is 2. The average molecular weight is 474 g/mol. The van der Waals surface area contributed by atoms with E-state index in [1.165, 1.54) is 17.7 Å². The molecule has 1 aliphatic heterocycles. The fourth-order valence-corrected chi connectivity index (χ4v) is 5.48. The van der Waals surface area contributed by atoms with Gasteiger partial charge in [-0.1, -0.05) is 6.07 Å². The summed E-state index contributed by atoms with van der Waals surface area (Å²) >= 11 is 5.42. The van der Waals surface area contributed by atoms with Crippen LogP contribution in [0.1, 0.15) is 36.5 Å². The van der Waals surface area contributed by atoms with Crippen molar-refractivity contribution in [3.8, 4) is 5.88 Å². The molecule has 29 heavy (non-hydrogen) atoms. The van der Waals surface area contributed by atoms with Gasteiger partial charge in [-0.25, -0.2) is 0 Å². The lowest BCUT2D eigenvalue weighted by molar-refractivity contribution is 0.122. The van der Waals surface area contributed by atoms with Gasteiger partial charge in [0.2, 0.25) is 5.88 Å². The molecule has 1 aliphatic carbocycles. The maximum Gasteiger partial charge on any atom is 0.225 e. The zero-order chi connectivity index (χ0) is 19.6. The van der Waals surface area contributed by atoms with Crippen LogP contribution in [0.25, 0.3) is 10.9 Å². The standard InChI is InChI=1S/C22H24BrN3O2S/c23-16-12-18-19(24-14-16)13-21(26-7-9-27-10-8-26)25-22(18)28-17-5-3-15(4-6-17)20-2-1-11-29-20/h1-2,11-15,17H,3-10H2. The molecule has 152 valence electrons. The van der Waals surface area contributed by atoms with Gasteiger partial charge < -0.3 is 14.4 Å². The zero-order valence-corrected chi connectivity index (χ0v) is 18.6. The highest BCUT2D eigenvalue weighted by molar-refractivity contribution is 9.10. The van der Waals surface area contributed by atoms with Gasteiger partial charge in [0, 0.05) is 34.7 Å². The second kappa shape index (κ2) is 8.58. The molecule has 1 saturated carbocycles. The van der Waals surface area contributed by atoms with Crippen molar-refractivity contribution < 1.29 is 9.47 Å². The number of halogens is 1. The van der Waals surface area contributed by atoms with Crippen LogP contribution in [-0.2, 0) is 4.74 Å². The third-order valence-electron chi connectivity index (χ3n) is 5.83. The van der Waals surface area contributed by atoms with Gasteiger partial charge in [-0.15, -0.1) is 11.3 Å². The summed E-state index contributed by atoms with van der Waals surface area (Å²) in [6.07, 6.45) is 6.52. The Morgan fingerprint density at radius 1 is 1.14 bits per heavy atom. The molecule has 4 heterocycles. The Kier molecular flexibility index (Phi) is 5.70. The lowest BCUT2D eigenvalue weighted by Gasteiger charge is -2.30. The molecule has 0 bridgehead atoms. The molecule has 2 fully saturated rings. The van der Waals surface area contributed by atoms with E-state index in [9.17, 15) is 0 Å². The fraction of sp³-hybridized carbons (Fsp3) is 0.455. The minimum absolute atomic E-state index is 0.209. The van der Waals surface area contributed by atoms with E-state index in [1.54, 1.807) is 0 Å². The maximum absolute atomic E-state index is 6.49. The van der Waals surface area contributed by atoms with Crippen molar-refractivity contribution in [1.29, 1.82) is 0 Å². The van der Waals surface area contributed by atoms with E-state index < -0.39 is 0 Å². The van der Waals surface area contributed by atoms with Crippen molar-refractivity contribution >= 4 is 44.0 Å². The first-order valence-corrected chi connectivity index (χ1v) is 11.9. The van der Waals surface area contributed by atoms with Crippen molar-refractivity contribution in [2.45, 2.75) is 37.7 Å². The lowest BCUT2D eigenvalue weighted by atomic mass is 9.86. The van der Waals surface area contributed by atoms with Crippen molar-refractivity contribution in [3.05, 3.63) is 45.2 Å². The topological polar surface area (TPSA) is 47.5 Å². The van der Waals surface area contributed by atoms with E-state index in [-0.39, 0.29) is 6.10 Å². The van der Waals surface area contributed by atoms with Gasteiger partial charge in [-0.05, 0) is 65.0 Å². The molecular formula is C22H24BrN3O2S. The fourth-order valence-electron chi connectivity index (χ4n) is 4.25. The number of fused-ring (bicyclic) bond motifs is 1. The Labute approximate surface area is 183 Å². The number of hydrogen-bond donors (Lipinski definition) is 0. The molecule has 2 aliphatic rings. The Morgan fingerprint density at radius 3 is 2.72 bits per heavy atom. The number of rotatable bonds is 4. The maximum atomic E-state index is 6.49. The number of anilines is 1. The molecular weight excluding hydrogens is 450 g/mol. The smallest absolute Gasteiger partial charge is 0.225 e. The van der Waals surface area contributed by atoms with E-state index in [2.05, 4.69) is 55.5 Å². The molecule has 0 radical (unpaired) electrons. The molecule has 7 heteroatoms. The van der Waals surface area contributed by atoms with Crippen molar-refractivity contribution in [2.75, 3.05) is 31.2 Å². The minimum atomic E-state index is 0.209. The molecule has 0 aromatic carbocycles. The molecule has 0 atom stereocenters. The summed E-state index contributed by atoms with van der Waals surface area (Å²) in [6.45, 7) is 3.16. The van der Waals surface area contributed by atoms with Crippen LogP contribution < -0.4 is 9.64 Å². The number of nitrogens with zero attached hydrogens (tertiary/aromatic N) is 3. The predicted octanol–water partition coefficient (Wildman–Crippen LogP) is 5.40. The summed E-state index contributed by atoms with van der Waals surface area (Å²) in [5, 5.41) is 3.15. The Balaban J connectivity index is 1.38. The van der Waals surface area contributed by atoms with Gasteiger partial charge in [0.05, 0.1) is 24.1 Å². The van der Waals surface area contributed by atoms with E-state index in [0.29, 0.717) is 11.8 Å². The SMILES string of the molecule is Brc1cnc2cc(N3CCOCC3)nc(OC3CCC(c4cccs4)CC3)c2c1. The van der Waals surface area contributed by atoms with Crippen molar-refractivity contribution in [1.82, 2.24) is 9.97 Å². The number of hydrogen-bond acceptors (Lipinski definition) is 6. The van der Waals surface area contributed by atoms with E-state index >= 15 is 0 Å². The molecule has 3 aromatic heterocycles. The summed E-state index contributed by atoms with van der Waals surface area (Å²) in [6, 6.07) is 8.54. The average Bonchev–Trinajstić information content (AvgIpc) is 3.30. The van der Waals surface area contributed by atoms with Crippen LogP contribution in [0, 0.1) is 0 Å². The molecule has 0 N–H and O–H groups in total. The van der Waals surface area contributed by atoms with Crippen LogP contribution in [0.4, 0.5) is 5.82 Å². The number of thiophene rings is 1. The largest absolute Gasteiger partial charge is 0.474 e. The van der Waals surface area contributed by atoms with Crippen molar-refractivity contribution in [3.63, 3.8) is 0 Å². The van der Waals surface area contributed by atoms with Gasteiger partial charge in [0.1, 0.15) is 11.9 Å².